The lowest BCUT2D eigenvalue weighted by Crippen LogP contribution is -2.40. The highest BCUT2D eigenvalue weighted by molar-refractivity contribution is 5.86. The van der Waals surface area contributed by atoms with Gasteiger partial charge in [0.15, 0.2) is 0 Å². The van der Waals surface area contributed by atoms with Crippen molar-refractivity contribution in [1.82, 2.24) is 9.80 Å². The van der Waals surface area contributed by atoms with E-state index < -0.39 is 0 Å². The molecule has 1 saturated carbocycles. The minimum atomic E-state index is -0.374. The van der Waals surface area contributed by atoms with E-state index >= 15 is 0 Å². The summed E-state index contributed by atoms with van der Waals surface area (Å²) in [5.41, 5.74) is 0. The number of hydrogen-bond donors (Lipinski definition) is 0. The molecule has 0 spiro atoms. The van der Waals surface area contributed by atoms with Crippen molar-refractivity contribution in [3.05, 3.63) is 24.8 Å². The first-order chi connectivity index (χ1) is 43.4. The molecular weight excluding hydrogens is 1130 g/mol. The summed E-state index contributed by atoms with van der Waals surface area (Å²) in [4.78, 5) is 84.7. The third-order valence-electron chi connectivity index (χ3n) is 14.9. The Balaban J connectivity index is -0.000000256. The molecule has 1 heterocycles. The average molecular weight is 1280 g/mol. The van der Waals surface area contributed by atoms with Crippen LogP contribution in [0.4, 0.5) is 0 Å². The Labute approximate surface area is 556 Å². The number of rotatable bonds is 45. The molecule has 14 nitrogen and oxygen atoms in total. The summed E-state index contributed by atoms with van der Waals surface area (Å²) < 4.78 is 25.7. The number of ketones is 1. The average Bonchev–Trinajstić information content (AvgIpc) is 1.87. The van der Waals surface area contributed by atoms with E-state index in [9.17, 15) is 33.6 Å². The van der Waals surface area contributed by atoms with Gasteiger partial charge in [0.1, 0.15) is 11.9 Å². The van der Waals surface area contributed by atoms with Gasteiger partial charge in [0.25, 0.3) is 6.47 Å². The minimum Gasteiger partial charge on any atom is -0.468 e. The number of likely N-dealkylation sites (tertiary alicyclic amines) is 1. The summed E-state index contributed by atoms with van der Waals surface area (Å²) in [7, 11) is 0. The van der Waals surface area contributed by atoms with E-state index in [-0.39, 0.29) is 79.2 Å². The van der Waals surface area contributed by atoms with Crippen molar-refractivity contribution in [2.45, 2.75) is 355 Å². The van der Waals surface area contributed by atoms with Crippen LogP contribution in [0.5, 0.6) is 0 Å². The van der Waals surface area contributed by atoms with E-state index in [1.807, 2.05) is 51.7 Å². The number of ether oxygens (including phenoxy) is 5. The first-order valence-electron chi connectivity index (χ1n) is 36.8. The number of carbonyl (C=O) groups is 7. The second-order valence-corrected chi connectivity index (χ2v) is 24.1. The van der Waals surface area contributed by atoms with Crippen molar-refractivity contribution in [2.75, 3.05) is 52.6 Å². The first kappa shape index (κ1) is 97.0. The summed E-state index contributed by atoms with van der Waals surface area (Å²) in [6.07, 6.45) is 44.3. The van der Waals surface area contributed by atoms with Gasteiger partial charge in [0, 0.05) is 37.1 Å². The zero-order valence-corrected chi connectivity index (χ0v) is 62.1. The molecule has 0 aromatic heterocycles. The van der Waals surface area contributed by atoms with Crippen LogP contribution in [0.1, 0.15) is 342 Å². The Hall–Kier alpha value is -4.07. The fourth-order valence-corrected chi connectivity index (χ4v) is 8.43. The van der Waals surface area contributed by atoms with E-state index in [2.05, 4.69) is 87.5 Å². The molecule has 0 aromatic carbocycles. The molecule has 0 N–H and O–H groups in total. The number of Topliss-reactive ketones (excluding diaryl/α,β-unsaturated/α-hetero) is 1. The van der Waals surface area contributed by atoms with Gasteiger partial charge in [-0.3, -0.25) is 38.5 Å². The second-order valence-electron chi connectivity index (χ2n) is 24.1. The van der Waals surface area contributed by atoms with Crippen LogP contribution in [-0.4, -0.2) is 117 Å². The maximum atomic E-state index is 12.2. The van der Waals surface area contributed by atoms with E-state index in [1.54, 1.807) is 17.9 Å². The molecule has 90 heavy (non-hydrogen) atoms. The van der Waals surface area contributed by atoms with Gasteiger partial charge in [-0.15, -0.1) is 6.58 Å². The normalized spacial score (nSPS) is 14.1. The summed E-state index contributed by atoms with van der Waals surface area (Å²) in [6.45, 7) is 41.8. The van der Waals surface area contributed by atoms with Crippen molar-refractivity contribution in [3.8, 4) is 0 Å². The van der Waals surface area contributed by atoms with Gasteiger partial charge in [-0.25, -0.2) is 0 Å². The molecule has 2 fully saturated rings. The minimum absolute atomic E-state index is 0.0251. The molecule has 534 valence electrons. The molecule has 1 saturated heterocycles. The first-order valence-corrected chi connectivity index (χ1v) is 36.8. The lowest BCUT2D eigenvalue weighted by Gasteiger charge is -2.25. The fraction of sp³-hybridized carbons (Fsp3) is 0.855. The van der Waals surface area contributed by atoms with Crippen molar-refractivity contribution >= 4 is 42.0 Å². The Bertz CT molecular complexity index is 1580. The number of unbranched alkanes of at least 4 members (excludes halogenated alkanes) is 21. The summed E-state index contributed by atoms with van der Waals surface area (Å²) in [6, 6.07) is 0.223. The molecule has 4 unspecified atom stereocenters. The van der Waals surface area contributed by atoms with Gasteiger partial charge in [-0.2, -0.15) is 0 Å². The molecule has 2 aliphatic rings. The number of esters is 4. The maximum Gasteiger partial charge on any atom is 0.320 e. The van der Waals surface area contributed by atoms with Gasteiger partial charge in [0.2, 0.25) is 5.91 Å². The van der Waals surface area contributed by atoms with Crippen molar-refractivity contribution in [1.29, 1.82) is 0 Å². The third-order valence-corrected chi connectivity index (χ3v) is 14.9. The molecule has 14 heteroatoms. The lowest BCUT2D eigenvalue weighted by atomic mass is 10.1. The third kappa shape index (κ3) is 74.7. The quantitative estimate of drug-likeness (QED) is 0.0186. The topological polar surface area (TPSA) is 172 Å². The standard InChI is InChI=1S/C25H45NO5.C14H25NO3.C14H28O2.C9H18O2.C4H10.C4H8.C3H8.C3H6/c1-3-5-7-9-11-13-17-30-24(28)20-26(19-23(27)22-15-16-22)21-25(29)31-18-14-12-10-8-6-4-2;1-5-10(4)14(17)15-9-12(8-11(15)6-2)18-13(16)7-3;1-4-6-7-8-9-10-11-16-14(15)12-13(3)5-2;1-2-3-4-5-6-7-8-11-9-10;2*1-3-4-2;2*1-3-2/h22H,3-21H2,1-2H3;10-12H,5-9H2,1-4H3;13H,4-12H2,1-3H3;9H,2-8H2,1H3;3-4H2,1-2H3;3-4H,1-2H3;3H2,1-2H3;3H,1H2,2H3/b;;;;;4-3-;;. The van der Waals surface area contributed by atoms with E-state index in [0.717, 1.165) is 89.9 Å². The molecular formula is C76H148N2O12. The van der Waals surface area contributed by atoms with Crippen LogP contribution in [0.15, 0.2) is 24.8 Å². The van der Waals surface area contributed by atoms with E-state index in [0.29, 0.717) is 58.2 Å². The highest BCUT2D eigenvalue weighted by Crippen LogP contribution is 2.30. The molecule has 4 atom stereocenters. The van der Waals surface area contributed by atoms with Crippen LogP contribution in [0.25, 0.3) is 0 Å². The molecule has 1 aliphatic carbocycles. The zero-order chi connectivity index (χ0) is 69.3. The summed E-state index contributed by atoms with van der Waals surface area (Å²) >= 11 is 0. The fourth-order valence-electron chi connectivity index (χ4n) is 8.43. The maximum absolute atomic E-state index is 12.2. The van der Waals surface area contributed by atoms with Crippen LogP contribution < -0.4 is 0 Å². The molecule has 2 rings (SSSR count). The van der Waals surface area contributed by atoms with E-state index in [1.165, 1.54) is 122 Å². The summed E-state index contributed by atoms with van der Waals surface area (Å²) in [5, 5.41) is 0. The van der Waals surface area contributed by atoms with Crippen LogP contribution >= 0.6 is 0 Å². The van der Waals surface area contributed by atoms with Gasteiger partial charge in [0.05, 0.1) is 52.6 Å². The number of amides is 1. The Kier molecular flexibility index (Phi) is 85.3. The number of allylic oxidation sites excluding steroid dienone is 3. The lowest BCUT2D eigenvalue weighted by molar-refractivity contribution is -0.150. The molecule has 0 bridgehead atoms. The van der Waals surface area contributed by atoms with Gasteiger partial charge < -0.3 is 28.6 Å². The van der Waals surface area contributed by atoms with Crippen molar-refractivity contribution < 1.29 is 57.2 Å². The molecule has 1 aliphatic heterocycles. The van der Waals surface area contributed by atoms with Crippen LogP contribution in [0, 0.1) is 17.8 Å². The van der Waals surface area contributed by atoms with Crippen molar-refractivity contribution in [2.24, 2.45) is 17.8 Å². The number of nitrogens with zero attached hydrogens (tertiary/aromatic N) is 2. The molecule has 0 aromatic rings. The number of hydrogen-bond acceptors (Lipinski definition) is 13. The molecule has 1 amide bonds. The van der Waals surface area contributed by atoms with Crippen LogP contribution in [0.3, 0.4) is 0 Å². The number of carbonyl (C=O) groups excluding carboxylic acids is 7. The molecule has 0 radical (unpaired) electrons. The zero-order valence-electron chi connectivity index (χ0n) is 62.1. The smallest absolute Gasteiger partial charge is 0.320 e. The largest absolute Gasteiger partial charge is 0.468 e. The van der Waals surface area contributed by atoms with Crippen LogP contribution in [0.2, 0.25) is 0 Å². The second kappa shape index (κ2) is 79.2. The Morgan fingerprint density at radius 3 is 1.21 bits per heavy atom. The highest BCUT2D eigenvalue weighted by atomic mass is 16.6. The predicted octanol–water partition coefficient (Wildman–Crippen LogP) is 20.3. The van der Waals surface area contributed by atoms with Gasteiger partial charge >= 0.3 is 23.9 Å². The Morgan fingerprint density at radius 1 is 0.511 bits per heavy atom. The van der Waals surface area contributed by atoms with Crippen molar-refractivity contribution in [3.63, 3.8) is 0 Å². The van der Waals surface area contributed by atoms with Gasteiger partial charge in [-0.1, -0.05) is 269 Å². The SMILES string of the molecule is C/C=C\C.C=CC.CCC.CCC(=O)OC1CC(CC)N(C(=O)C(C)CC)C1.CCCC.CCCCCCCCOC(=O)CC(C)CC.CCCCCCCCOC(=O)CN(CC(=O)OCCCCCCCC)CC(=O)C1CC1.CCCCCCCCOC=O. The van der Waals surface area contributed by atoms with Crippen LogP contribution in [-0.2, 0) is 57.2 Å². The summed E-state index contributed by atoms with van der Waals surface area (Å²) in [5.74, 6) is -0.0401. The van der Waals surface area contributed by atoms with E-state index in [4.69, 9.17) is 18.9 Å². The van der Waals surface area contributed by atoms with Gasteiger partial charge in [-0.05, 0) is 78.1 Å². The Morgan fingerprint density at radius 2 is 0.889 bits per heavy atom. The highest BCUT2D eigenvalue weighted by Gasteiger charge is 2.37. The predicted molar refractivity (Wildman–Crippen MR) is 380 cm³/mol. The monoisotopic (exact) mass is 1280 g/mol.